The minimum Gasteiger partial charge on any atom is -0.488 e. The van der Waals surface area contributed by atoms with Crippen LogP contribution in [0.4, 0.5) is 4.39 Å². The van der Waals surface area contributed by atoms with E-state index in [-0.39, 0.29) is 23.7 Å². The van der Waals surface area contributed by atoms with Gasteiger partial charge < -0.3 is 15.8 Å². The number of amides is 2. The normalized spacial score (nSPS) is 14.0. The van der Waals surface area contributed by atoms with Gasteiger partial charge in [-0.05, 0) is 60.4 Å². The average molecular weight is 418 g/mol. The van der Waals surface area contributed by atoms with Gasteiger partial charge in [-0.3, -0.25) is 9.59 Å². The van der Waals surface area contributed by atoms with Gasteiger partial charge in [0.25, 0.3) is 11.8 Å². The molecule has 3 N–H and O–H groups in total. The first-order chi connectivity index (χ1) is 15.0. The molecule has 3 aromatic carbocycles. The van der Waals surface area contributed by atoms with Gasteiger partial charge in [-0.1, -0.05) is 36.4 Å². The van der Waals surface area contributed by atoms with E-state index >= 15 is 0 Å². The second-order valence-electron chi connectivity index (χ2n) is 7.82. The summed E-state index contributed by atoms with van der Waals surface area (Å²) in [4.78, 5) is 24.2. The van der Waals surface area contributed by atoms with Crippen molar-refractivity contribution in [3.63, 3.8) is 0 Å². The fraction of sp³-hybridized carbons (Fsp3) is 0.200. The van der Waals surface area contributed by atoms with Crippen molar-refractivity contribution in [2.75, 3.05) is 6.54 Å². The van der Waals surface area contributed by atoms with Gasteiger partial charge >= 0.3 is 0 Å². The minimum absolute atomic E-state index is 0.109. The third kappa shape index (κ3) is 4.74. The first kappa shape index (κ1) is 20.6. The van der Waals surface area contributed by atoms with Crippen molar-refractivity contribution in [2.45, 2.75) is 24.9 Å². The predicted octanol–water partition coefficient (Wildman–Crippen LogP) is 3.97. The number of halogens is 1. The Morgan fingerprint density at radius 3 is 2.45 bits per heavy atom. The van der Waals surface area contributed by atoms with Crippen LogP contribution in [0.1, 0.15) is 44.7 Å². The predicted molar refractivity (Wildman–Crippen MR) is 115 cm³/mol. The number of carbonyl (C=O) groups excluding carboxylic acids is 2. The van der Waals surface area contributed by atoms with E-state index in [2.05, 4.69) is 5.32 Å². The lowest BCUT2D eigenvalue weighted by molar-refractivity contribution is 0.0948. The number of nitrogens with two attached hydrogens (primary N) is 1. The summed E-state index contributed by atoms with van der Waals surface area (Å²) in [5, 5.41) is 3.01. The third-order valence-corrected chi connectivity index (χ3v) is 5.63. The van der Waals surface area contributed by atoms with Crippen LogP contribution in [0.25, 0.3) is 0 Å². The number of hydrogen-bond acceptors (Lipinski definition) is 3. The van der Waals surface area contributed by atoms with E-state index in [0.29, 0.717) is 23.4 Å². The number of primary amides is 1. The Balaban J connectivity index is 1.38. The van der Waals surface area contributed by atoms with Crippen LogP contribution < -0.4 is 15.8 Å². The van der Waals surface area contributed by atoms with E-state index in [9.17, 15) is 14.0 Å². The quantitative estimate of drug-likeness (QED) is 0.581. The molecule has 5 nitrogen and oxygen atoms in total. The van der Waals surface area contributed by atoms with E-state index in [1.807, 2.05) is 6.07 Å². The van der Waals surface area contributed by atoms with Gasteiger partial charge in [-0.15, -0.1) is 0 Å². The van der Waals surface area contributed by atoms with Crippen molar-refractivity contribution < 1.29 is 18.7 Å². The van der Waals surface area contributed by atoms with E-state index in [0.717, 1.165) is 24.0 Å². The van der Waals surface area contributed by atoms with Gasteiger partial charge in [0.1, 0.15) is 18.2 Å². The number of carbonyl (C=O) groups is 2. The second kappa shape index (κ2) is 8.60. The Bertz CT molecular complexity index is 1110. The van der Waals surface area contributed by atoms with Crippen molar-refractivity contribution in [3.05, 3.63) is 101 Å². The van der Waals surface area contributed by atoms with Crippen LogP contribution in [0.2, 0.25) is 0 Å². The molecule has 0 aromatic heterocycles. The zero-order chi connectivity index (χ0) is 21.8. The van der Waals surface area contributed by atoms with Gasteiger partial charge in [0.15, 0.2) is 0 Å². The molecule has 0 heterocycles. The highest BCUT2D eigenvalue weighted by molar-refractivity contribution is 5.95. The van der Waals surface area contributed by atoms with E-state index in [1.54, 1.807) is 54.6 Å². The second-order valence-corrected chi connectivity index (χ2v) is 7.82. The van der Waals surface area contributed by atoms with Crippen LogP contribution in [0.3, 0.4) is 0 Å². The molecule has 0 bridgehead atoms. The number of rotatable bonds is 8. The molecule has 0 radical (unpaired) electrons. The molecule has 0 atom stereocenters. The summed E-state index contributed by atoms with van der Waals surface area (Å²) >= 11 is 0. The summed E-state index contributed by atoms with van der Waals surface area (Å²) in [6.45, 7) is 0.703. The number of nitrogens with one attached hydrogen (secondary N) is 1. The SMILES string of the molecule is NC(=O)c1ccccc1OCc1cccc(C(=O)NCC2(c3ccc(F)cc3)CC2)c1. The Morgan fingerprint density at radius 2 is 1.74 bits per heavy atom. The van der Waals surface area contributed by atoms with Crippen LogP contribution in [0.5, 0.6) is 5.75 Å². The minimum atomic E-state index is -0.557. The monoisotopic (exact) mass is 418 g/mol. The Hall–Kier alpha value is -3.67. The van der Waals surface area contributed by atoms with Crippen LogP contribution in [0.15, 0.2) is 72.8 Å². The van der Waals surface area contributed by atoms with Crippen molar-refractivity contribution in [1.82, 2.24) is 5.32 Å². The molecule has 158 valence electrons. The fourth-order valence-electron chi connectivity index (χ4n) is 3.63. The van der Waals surface area contributed by atoms with Crippen LogP contribution in [-0.4, -0.2) is 18.4 Å². The number of benzene rings is 3. The molecular formula is C25H23FN2O3. The molecule has 1 aliphatic carbocycles. The summed E-state index contributed by atoms with van der Waals surface area (Å²) in [5.74, 6) is -0.590. The lowest BCUT2D eigenvalue weighted by Crippen LogP contribution is -2.32. The fourth-order valence-corrected chi connectivity index (χ4v) is 3.63. The summed E-state index contributed by atoms with van der Waals surface area (Å²) in [6, 6.07) is 20.4. The average Bonchev–Trinajstić information content (AvgIpc) is 3.58. The zero-order valence-electron chi connectivity index (χ0n) is 16.9. The van der Waals surface area contributed by atoms with Gasteiger partial charge in [0.2, 0.25) is 0 Å². The Morgan fingerprint density at radius 1 is 1.00 bits per heavy atom. The van der Waals surface area contributed by atoms with E-state index in [4.69, 9.17) is 10.5 Å². The third-order valence-electron chi connectivity index (χ3n) is 5.63. The van der Waals surface area contributed by atoms with Crippen LogP contribution in [-0.2, 0) is 12.0 Å². The molecule has 0 unspecified atom stereocenters. The topological polar surface area (TPSA) is 81.4 Å². The van der Waals surface area contributed by atoms with Crippen molar-refractivity contribution in [3.8, 4) is 5.75 Å². The molecule has 0 aliphatic heterocycles. The molecule has 1 saturated carbocycles. The van der Waals surface area contributed by atoms with Crippen molar-refractivity contribution in [1.29, 1.82) is 0 Å². The lowest BCUT2D eigenvalue weighted by Gasteiger charge is -2.17. The highest BCUT2D eigenvalue weighted by atomic mass is 19.1. The largest absolute Gasteiger partial charge is 0.488 e. The number of ether oxygens (including phenoxy) is 1. The maximum Gasteiger partial charge on any atom is 0.252 e. The molecule has 0 saturated heterocycles. The van der Waals surface area contributed by atoms with Crippen LogP contribution in [0, 0.1) is 5.82 Å². The van der Waals surface area contributed by atoms with Crippen LogP contribution >= 0.6 is 0 Å². The first-order valence-corrected chi connectivity index (χ1v) is 10.1. The summed E-state index contributed by atoms with van der Waals surface area (Å²) in [7, 11) is 0. The van der Waals surface area contributed by atoms with Gasteiger partial charge in [-0.2, -0.15) is 0 Å². The van der Waals surface area contributed by atoms with Gasteiger partial charge in [0.05, 0.1) is 5.56 Å². The smallest absolute Gasteiger partial charge is 0.252 e. The number of hydrogen-bond donors (Lipinski definition) is 2. The molecule has 3 aromatic rings. The number of para-hydroxylation sites is 1. The highest BCUT2D eigenvalue weighted by Gasteiger charge is 2.44. The van der Waals surface area contributed by atoms with Gasteiger partial charge in [0, 0.05) is 17.5 Å². The van der Waals surface area contributed by atoms with Crippen molar-refractivity contribution >= 4 is 11.8 Å². The molecule has 31 heavy (non-hydrogen) atoms. The molecule has 1 fully saturated rings. The summed E-state index contributed by atoms with van der Waals surface area (Å²) in [5.41, 5.74) is 7.95. The Labute approximate surface area is 180 Å². The summed E-state index contributed by atoms with van der Waals surface area (Å²) in [6.07, 6.45) is 1.93. The lowest BCUT2D eigenvalue weighted by atomic mass is 9.96. The van der Waals surface area contributed by atoms with Gasteiger partial charge in [-0.25, -0.2) is 4.39 Å². The standard InChI is InChI=1S/C25H23FN2O3/c26-20-10-8-19(9-11-20)25(12-13-25)16-28-24(30)18-5-3-4-17(14-18)15-31-22-7-2-1-6-21(22)23(27)29/h1-11,14H,12-13,15-16H2,(H2,27,29)(H,28,30). The molecule has 1 aliphatic rings. The highest BCUT2D eigenvalue weighted by Crippen LogP contribution is 2.47. The maximum absolute atomic E-state index is 13.2. The molecule has 0 spiro atoms. The Kier molecular flexibility index (Phi) is 5.71. The molecular weight excluding hydrogens is 395 g/mol. The first-order valence-electron chi connectivity index (χ1n) is 10.1. The zero-order valence-corrected chi connectivity index (χ0v) is 16.9. The van der Waals surface area contributed by atoms with E-state index < -0.39 is 5.91 Å². The molecule has 4 rings (SSSR count). The van der Waals surface area contributed by atoms with Crippen molar-refractivity contribution in [2.24, 2.45) is 5.73 Å². The van der Waals surface area contributed by atoms with E-state index in [1.165, 1.54) is 12.1 Å². The molecule has 6 heteroatoms. The molecule has 2 amide bonds. The maximum atomic E-state index is 13.2. The summed E-state index contributed by atoms with van der Waals surface area (Å²) < 4.78 is 18.9.